The molecule has 0 aliphatic rings. The second-order valence-corrected chi connectivity index (χ2v) is 8.18. The first-order valence-corrected chi connectivity index (χ1v) is 11.2. The third kappa shape index (κ3) is 5.50. The molecule has 4 rings (SSSR count). The molecule has 0 fully saturated rings. The number of ether oxygens (including phenoxy) is 1. The zero-order chi connectivity index (χ0) is 23.2. The molecular weight excluding hydrogens is 438 g/mol. The SMILES string of the molecule is COc1ccc(-n2c(SCC(=O)N/N=C\c3ccc(C)o3)nnc2-c2ccc(C)cc2)cc1. The Morgan fingerprint density at radius 3 is 2.52 bits per heavy atom. The minimum absolute atomic E-state index is 0.122. The van der Waals surface area contributed by atoms with Crippen molar-refractivity contribution in [1.29, 1.82) is 0 Å². The molecule has 9 heteroatoms. The van der Waals surface area contributed by atoms with Gasteiger partial charge >= 0.3 is 0 Å². The standard InChI is InChI=1S/C24H23N5O3S/c1-16-4-7-18(8-5-16)23-27-28-24(29(23)19-9-12-20(31-3)13-10-19)33-15-22(30)26-25-14-21-11-6-17(2)32-21/h4-14H,15H2,1-3H3,(H,26,30)/b25-14-. The van der Waals surface area contributed by atoms with E-state index in [0.717, 1.165) is 28.3 Å². The smallest absolute Gasteiger partial charge is 0.250 e. The first-order chi connectivity index (χ1) is 16.0. The molecular formula is C24H23N5O3S. The minimum atomic E-state index is -0.263. The van der Waals surface area contributed by atoms with Crippen LogP contribution in [0, 0.1) is 13.8 Å². The average molecular weight is 462 g/mol. The molecule has 0 aliphatic carbocycles. The number of carbonyl (C=O) groups excluding carboxylic acids is 1. The number of methoxy groups -OCH3 is 1. The fourth-order valence-corrected chi connectivity index (χ4v) is 3.81. The van der Waals surface area contributed by atoms with Gasteiger partial charge in [-0.05, 0) is 50.2 Å². The molecule has 33 heavy (non-hydrogen) atoms. The zero-order valence-electron chi connectivity index (χ0n) is 18.5. The summed E-state index contributed by atoms with van der Waals surface area (Å²) in [5.74, 6) is 2.65. The van der Waals surface area contributed by atoms with Crippen LogP contribution >= 0.6 is 11.8 Å². The molecule has 0 radical (unpaired) electrons. The van der Waals surface area contributed by atoms with Crippen LogP contribution in [-0.4, -0.2) is 39.7 Å². The summed E-state index contributed by atoms with van der Waals surface area (Å²) >= 11 is 1.28. The van der Waals surface area contributed by atoms with Crippen LogP contribution in [0.3, 0.4) is 0 Å². The summed E-state index contributed by atoms with van der Waals surface area (Å²) in [6, 6.07) is 19.3. The Morgan fingerprint density at radius 1 is 1.09 bits per heavy atom. The molecule has 0 saturated heterocycles. The maximum atomic E-state index is 12.3. The van der Waals surface area contributed by atoms with Gasteiger partial charge in [-0.3, -0.25) is 9.36 Å². The van der Waals surface area contributed by atoms with E-state index in [0.29, 0.717) is 16.7 Å². The van der Waals surface area contributed by atoms with Gasteiger partial charge in [-0.1, -0.05) is 41.6 Å². The number of aromatic nitrogens is 3. The summed E-state index contributed by atoms with van der Waals surface area (Å²) < 4.78 is 12.6. The van der Waals surface area contributed by atoms with Gasteiger partial charge in [0.1, 0.15) is 17.3 Å². The molecule has 0 unspecified atom stereocenters. The average Bonchev–Trinajstić information content (AvgIpc) is 3.44. The Kier molecular flexibility index (Phi) is 6.89. The molecule has 8 nitrogen and oxygen atoms in total. The van der Waals surface area contributed by atoms with Crippen LogP contribution in [0.1, 0.15) is 17.1 Å². The van der Waals surface area contributed by atoms with Gasteiger partial charge < -0.3 is 9.15 Å². The second-order valence-electron chi connectivity index (χ2n) is 7.24. The lowest BCUT2D eigenvalue weighted by Gasteiger charge is -2.11. The van der Waals surface area contributed by atoms with E-state index in [1.165, 1.54) is 18.0 Å². The third-order valence-corrected chi connectivity index (χ3v) is 5.68. The highest BCUT2D eigenvalue weighted by atomic mass is 32.2. The number of nitrogens with one attached hydrogen (secondary N) is 1. The lowest BCUT2D eigenvalue weighted by molar-refractivity contribution is -0.118. The summed E-state index contributed by atoms with van der Waals surface area (Å²) in [5, 5.41) is 13.3. The number of benzene rings is 2. The number of hydrazone groups is 1. The van der Waals surface area contributed by atoms with Crippen molar-refractivity contribution >= 4 is 23.9 Å². The first kappa shape index (κ1) is 22.3. The number of rotatable bonds is 8. The highest BCUT2D eigenvalue weighted by Gasteiger charge is 2.17. The van der Waals surface area contributed by atoms with Crippen molar-refractivity contribution in [2.75, 3.05) is 12.9 Å². The van der Waals surface area contributed by atoms with E-state index in [2.05, 4.69) is 20.7 Å². The van der Waals surface area contributed by atoms with Crippen LogP contribution in [0.4, 0.5) is 0 Å². The summed E-state index contributed by atoms with van der Waals surface area (Å²) in [5.41, 5.74) is 5.46. The van der Waals surface area contributed by atoms with E-state index in [1.54, 1.807) is 13.2 Å². The van der Waals surface area contributed by atoms with Crippen LogP contribution in [0.15, 0.2) is 75.3 Å². The Balaban J connectivity index is 1.53. The lowest BCUT2D eigenvalue weighted by atomic mass is 10.1. The molecule has 2 aromatic heterocycles. The fourth-order valence-electron chi connectivity index (χ4n) is 3.07. The quantitative estimate of drug-likeness (QED) is 0.238. The van der Waals surface area contributed by atoms with Crippen molar-refractivity contribution in [1.82, 2.24) is 20.2 Å². The predicted octanol–water partition coefficient (Wildman–Crippen LogP) is 4.40. The molecule has 168 valence electrons. The Hall–Kier alpha value is -3.85. The Morgan fingerprint density at radius 2 is 1.85 bits per heavy atom. The van der Waals surface area contributed by atoms with E-state index < -0.39 is 0 Å². The van der Waals surface area contributed by atoms with Crippen molar-refractivity contribution < 1.29 is 13.9 Å². The maximum Gasteiger partial charge on any atom is 0.250 e. The van der Waals surface area contributed by atoms with Crippen LogP contribution in [0.2, 0.25) is 0 Å². The van der Waals surface area contributed by atoms with Crippen molar-refractivity contribution in [3.63, 3.8) is 0 Å². The van der Waals surface area contributed by atoms with E-state index in [9.17, 15) is 4.79 Å². The molecule has 2 aromatic carbocycles. The van der Waals surface area contributed by atoms with E-state index >= 15 is 0 Å². The number of hydrogen-bond donors (Lipinski definition) is 1. The van der Waals surface area contributed by atoms with Crippen LogP contribution in [0.25, 0.3) is 17.1 Å². The monoisotopic (exact) mass is 461 g/mol. The maximum absolute atomic E-state index is 12.3. The number of nitrogens with zero attached hydrogens (tertiary/aromatic N) is 4. The van der Waals surface area contributed by atoms with Crippen LogP contribution in [-0.2, 0) is 4.79 Å². The van der Waals surface area contributed by atoms with Crippen molar-refractivity contribution in [3.05, 3.63) is 77.7 Å². The Labute approximate surface area is 195 Å². The van der Waals surface area contributed by atoms with Crippen LogP contribution < -0.4 is 10.2 Å². The van der Waals surface area contributed by atoms with Gasteiger partial charge in [-0.2, -0.15) is 5.10 Å². The number of hydrogen-bond acceptors (Lipinski definition) is 7. The van der Waals surface area contributed by atoms with Gasteiger partial charge in [-0.25, -0.2) is 5.43 Å². The number of aryl methyl sites for hydroxylation is 2. The van der Waals surface area contributed by atoms with Gasteiger partial charge in [0, 0.05) is 11.3 Å². The number of carbonyl (C=O) groups is 1. The van der Waals surface area contributed by atoms with Crippen molar-refractivity contribution in [2.24, 2.45) is 5.10 Å². The number of thioether (sulfide) groups is 1. The largest absolute Gasteiger partial charge is 0.497 e. The molecule has 0 atom stereocenters. The first-order valence-electron chi connectivity index (χ1n) is 10.2. The summed E-state index contributed by atoms with van der Waals surface area (Å²) in [6.45, 7) is 3.88. The molecule has 1 amide bonds. The number of furan rings is 1. The summed E-state index contributed by atoms with van der Waals surface area (Å²) in [7, 11) is 1.63. The van der Waals surface area contributed by atoms with E-state index in [-0.39, 0.29) is 11.7 Å². The van der Waals surface area contributed by atoms with E-state index in [1.807, 2.05) is 73.0 Å². The Bertz CT molecular complexity index is 1260. The zero-order valence-corrected chi connectivity index (χ0v) is 19.3. The predicted molar refractivity (Wildman–Crippen MR) is 128 cm³/mol. The molecule has 0 bridgehead atoms. The molecule has 2 heterocycles. The summed E-state index contributed by atoms with van der Waals surface area (Å²) in [6.07, 6.45) is 1.46. The topological polar surface area (TPSA) is 94.5 Å². The lowest BCUT2D eigenvalue weighted by Crippen LogP contribution is -2.19. The highest BCUT2D eigenvalue weighted by Crippen LogP contribution is 2.29. The third-order valence-electron chi connectivity index (χ3n) is 4.75. The normalized spacial score (nSPS) is 11.1. The minimum Gasteiger partial charge on any atom is -0.497 e. The van der Waals surface area contributed by atoms with Crippen molar-refractivity contribution in [3.8, 4) is 22.8 Å². The van der Waals surface area contributed by atoms with Crippen LogP contribution in [0.5, 0.6) is 5.75 Å². The number of amides is 1. The van der Waals surface area contributed by atoms with Gasteiger partial charge in [0.15, 0.2) is 11.0 Å². The highest BCUT2D eigenvalue weighted by molar-refractivity contribution is 7.99. The molecule has 1 N–H and O–H groups in total. The molecule has 0 saturated carbocycles. The van der Waals surface area contributed by atoms with Crippen molar-refractivity contribution in [2.45, 2.75) is 19.0 Å². The fraction of sp³-hybridized carbons (Fsp3) is 0.167. The second kappa shape index (κ2) is 10.2. The molecule has 0 aliphatic heterocycles. The van der Waals surface area contributed by atoms with Gasteiger partial charge in [-0.15, -0.1) is 10.2 Å². The summed E-state index contributed by atoms with van der Waals surface area (Å²) in [4.78, 5) is 12.3. The molecule has 0 spiro atoms. The van der Waals surface area contributed by atoms with E-state index in [4.69, 9.17) is 9.15 Å². The van der Waals surface area contributed by atoms with Gasteiger partial charge in [0.2, 0.25) is 0 Å². The molecule has 4 aromatic rings. The van der Waals surface area contributed by atoms with Gasteiger partial charge in [0.25, 0.3) is 5.91 Å². The van der Waals surface area contributed by atoms with Gasteiger partial charge in [0.05, 0.1) is 19.1 Å².